The highest BCUT2D eigenvalue weighted by Gasteiger charge is 2.24. The maximum atomic E-state index is 2.57. The fourth-order valence-electron chi connectivity index (χ4n) is 10.7. The molecule has 0 fully saturated rings. The molecule has 0 saturated heterocycles. The summed E-state index contributed by atoms with van der Waals surface area (Å²) in [7, 11) is 0. The van der Waals surface area contributed by atoms with E-state index in [9.17, 15) is 0 Å². The van der Waals surface area contributed by atoms with Crippen molar-refractivity contribution >= 4 is 139 Å². The van der Waals surface area contributed by atoms with Crippen LogP contribution in [0.3, 0.4) is 0 Å². The smallest absolute Gasteiger partial charge is 0.0711 e. The zero-order chi connectivity index (χ0) is 43.0. The Hall–Kier alpha value is -7.32. The average Bonchev–Trinajstić information content (AvgIpc) is 4.23. The summed E-state index contributed by atoms with van der Waals surface area (Å²) in [5, 5.41) is 10.3. The van der Waals surface area contributed by atoms with Gasteiger partial charge in [-0.2, -0.15) is 0 Å². The van der Waals surface area contributed by atoms with Crippen molar-refractivity contribution in [2.24, 2.45) is 0 Å². The number of thiophene rings is 4. The van der Waals surface area contributed by atoms with Gasteiger partial charge in [0.05, 0.1) is 37.2 Å². The number of hydrogen-bond donors (Lipinski definition) is 0. The summed E-state index contributed by atoms with van der Waals surface area (Å²) in [5.41, 5.74) is 12.4. The second kappa shape index (κ2) is 14.1. The molecule has 9 aromatic carbocycles. The lowest BCUT2D eigenvalue weighted by Crippen LogP contribution is -1.96. The molecule has 66 heavy (non-hydrogen) atoms. The maximum absolute atomic E-state index is 2.57. The van der Waals surface area contributed by atoms with Crippen LogP contribution < -0.4 is 0 Å². The molecule has 15 rings (SSSR count). The fourth-order valence-corrected chi connectivity index (χ4v) is 15.8. The third-order valence-electron chi connectivity index (χ3n) is 13.6. The highest BCUT2D eigenvalue weighted by atomic mass is 32.1. The number of benzene rings is 9. The van der Waals surface area contributed by atoms with Crippen molar-refractivity contribution < 1.29 is 0 Å². The topological polar surface area (TPSA) is 9.86 Å². The summed E-state index contributed by atoms with van der Waals surface area (Å²) in [5.74, 6) is 0. The minimum atomic E-state index is 1.17. The Morgan fingerprint density at radius 3 is 1.45 bits per heavy atom. The molecule has 0 unspecified atom stereocenters. The number of nitrogens with zero attached hydrogens (tertiary/aromatic N) is 2. The summed E-state index contributed by atoms with van der Waals surface area (Å²) >= 11 is 7.70. The molecular weight excluding hydrogens is 877 g/mol. The van der Waals surface area contributed by atoms with Crippen molar-refractivity contribution in [1.82, 2.24) is 9.13 Å². The van der Waals surface area contributed by atoms with Gasteiger partial charge in [0.2, 0.25) is 0 Å². The average molecular weight is 911 g/mol. The molecule has 0 atom stereocenters. The third-order valence-corrected chi connectivity index (χ3v) is 18.5. The SMILES string of the molecule is c1ccc(-n2c3ccccc3c3cc(-c4ccc(-n5c6cc(-c7cccc8c7sc7ccccc78)sc6c6sc(-c7cccc8c7sc7ccccc78)cc65)c5ccccc45)ccc32)cc1. The van der Waals surface area contributed by atoms with Gasteiger partial charge in [-0.15, -0.1) is 45.3 Å². The van der Waals surface area contributed by atoms with Crippen molar-refractivity contribution in [3.05, 3.63) is 206 Å². The van der Waals surface area contributed by atoms with Gasteiger partial charge in [-0.1, -0.05) is 146 Å². The van der Waals surface area contributed by atoms with Gasteiger partial charge >= 0.3 is 0 Å². The van der Waals surface area contributed by atoms with E-state index >= 15 is 0 Å². The Morgan fingerprint density at radius 1 is 0.273 bits per heavy atom. The van der Waals surface area contributed by atoms with Gasteiger partial charge in [0.25, 0.3) is 0 Å². The molecule has 0 bridgehead atoms. The van der Waals surface area contributed by atoms with Gasteiger partial charge in [-0.25, -0.2) is 0 Å². The van der Waals surface area contributed by atoms with E-state index in [-0.39, 0.29) is 0 Å². The van der Waals surface area contributed by atoms with E-state index in [0.29, 0.717) is 0 Å². The van der Waals surface area contributed by atoms with Crippen molar-refractivity contribution in [1.29, 1.82) is 0 Å². The Kier molecular flexibility index (Phi) is 7.89. The normalized spacial score (nSPS) is 12.2. The van der Waals surface area contributed by atoms with E-state index in [4.69, 9.17) is 0 Å². The van der Waals surface area contributed by atoms with Gasteiger partial charge in [0.15, 0.2) is 0 Å². The van der Waals surface area contributed by atoms with E-state index in [1.165, 1.54) is 137 Å². The molecule has 6 aromatic heterocycles. The predicted octanol–water partition coefficient (Wildman–Crippen LogP) is 18.9. The summed E-state index contributed by atoms with van der Waals surface area (Å²) in [6.45, 7) is 0. The number of aromatic nitrogens is 2. The van der Waals surface area contributed by atoms with Crippen LogP contribution in [0.15, 0.2) is 206 Å². The number of fused-ring (bicyclic) bond motifs is 13. The van der Waals surface area contributed by atoms with E-state index in [0.717, 1.165) is 0 Å². The van der Waals surface area contributed by atoms with E-state index < -0.39 is 0 Å². The molecular formula is C60H34N2S4. The molecule has 0 spiro atoms. The number of rotatable bonds is 5. The van der Waals surface area contributed by atoms with Crippen molar-refractivity contribution in [2.75, 3.05) is 0 Å². The number of hydrogen-bond acceptors (Lipinski definition) is 4. The van der Waals surface area contributed by atoms with E-state index in [1.807, 2.05) is 45.3 Å². The van der Waals surface area contributed by atoms with Crippen LogP contribution in [0.5, 0.6) is 0 Å². The first-order chi connectivity index (χ1) is 32.7. The Morgan fingerprint density at radius 2 is 0.803 bits per heavy atom. The van der Waals surface area contributed by atoms with Crippen LogP contribution in [0.25, 0.3) is 137 Å². The first-order valence-corrected chi connectivity index (χ1v) is 25.5. The van der Waals surface area contributed by atoms with E-state index in [2.05, 4.69) is 215 Å². The van der Waals surface area contributed by atoms with Crippen LogP contribution in [0, 0.1) is 0 Å². The van der Waals surface area contributed by atoms with Crippen LogP contribution in [-0.2, 0) is 0 Å². The molecule has 0 aliphatic rings. The third kappa shape index (κ3) is 5.27. The summed E-state index contributed by atoms with van der Waals surface area (Å²) in [4.78, 5) is 2.61. The lowest BCUT2D eigenvalue weighted by Gasteiger charge is -2.15. The minimum absolute atomic E-state index is 1.17. The molecule has 0 aliphatic heterocycles. The first-order valence-electron chi connectivity index (χ1n) is 22.2. The molecule has 0 radical (unpaired) electrons. The Labute approximate surface area is 394 Å². The highest BCUT2D eigenvalue weighted by molar-refractivity contribution is 7.31. The van der Waals surface area contributed by atoms with Crippen molar-refractivity contribution in [3.63, 3.8) is 0 Å². The minimum Gasteiger partial charge on any atom is -0.309 e. The highest BCUT2D eigenvalue weighted by Crippen LogP contribution is 2.51. The van der Waals surface area contributed by atoms with Gasteiger partial charge in [0, 0.05) is 83.1 Å². The van der Waals surface area contributed by atoms with Crippen LogP contribution >= 0.6 is 45.3 Å². The lowest BCUT2D eigenvalue weighted by molar-refractivity contribution is 1.18. The van der Waals surface area contributed by atoms with Crippen LogP contribution in [-0.4, -0.2) is 9.13 Å². The quantitative estimate of drug-likeness (QED) is 0.163. The molecule has 15 aromatic rings. The largest absolute Gasteiger partial charge is 0.309 e. The standard InChI is InChI=1S/C60H34N2S4/c1-2-14-36(15-3-1)61-48-25-9-6-18-40(48)47-32-35(28-30-50(47)61)37-29-31-49(39-17-5-4-16-38(37)39)62-51-33-55(45-23-12-21-43-41-19-7-10-26-53(41)63-57(43)45)65-59(51)60-52(62)34-56(66-60)46-24-13-22-44-42-20-8-11-27-54(42)64-58(44)46/h1-34H. The van der Waals surface area contributed by atoms with Crippen LogP contribution in [0.2, 0.25) is 0 Å². The van der Waals surface area contributed by atoms with Gasteiger partial charge < -0.3 is 9.13 Å². The van der Waals surface area contributed by atoms with Gasteiger partial charge in [-0.05, 0) is 77.2 Å². The zero-order valence-corrected chi connectivity index (χ0v) is 38.4. The monoisotopic (exact) mass is 910 g/mol. The molecule has 0 amide bonds. The van der Waals surface area contributed by atoms with Crippen LogP contribution in [0.1, 0.15) is 0 Å². The fraction of sp³-hybridized carbons (Fsp3) is 0. The van der Waals surface area contributed by atoms with Crippen molar-refractivity contribution in [3.8, 4) is 43.4 Å². The summed E-state index contributed by atoms with van der Waals surface area (Å²) in [6, 6.07) is 76.6. The van der Waals surface area contributed by atoms with Crippen molar-refractivity contribution in [2.45, 2.75) is 0 Å². The Bertz CT molecular complexity index is 4310. The molecule has 6 heteroatoms. The predicted molar refractivity (Wildman–Crippen MR) is 290 cm³/mol. The first kappa shape index (κ1) is 37.0. The molecule has 0 saturated carbocycles. The summed E-state index contributed by atoms with van der Waals surface area (Å²) in [6.07, 6.45) is 0. The molecule has 0 aliphatic carbocycles. The zero-order valence-electron chi connectivity index (χ0n) is 35.2. The summed E-state index contributed by atoms with van der Waals surface area (Å²) < 4.78 is 13.0. The molecule has 308 valence electrons. The van der Waals surface area contributed by atoms with Crippen LogP contribution in [0.4, 0.5) is 0 Å². The van der Waals surface area contributed by atoms with Gasteiger partial charge in [-0.3, -0.25) is 0 Å². The second-order valence-corrected chi connectivity index (χ2v) is 21.4. The molecule has 6 heterocycles. The lowest BCUT2D eigenvalue weighted by atomic mass is 9.95. The van der Waals surface area contributed by atoms with E-state index in [1.54, 1.807) is 0 Å². The number of para-hydroxylation sites is 2. The maximum Gasteiger partial charge on any atom is 0.0711 e. The molecule has 0 N–H and O–H groups in total. The molecule has 2 nitrogen and oxygen atoms in total. The second-order valence-electron chi connectivity index (χ2n) is 17.1. The Balaban J connectivity index is 0.966. The van der Waals surface area contributed by atoms with Gasteiger partial charge in [0.1, 0.15) is 0 Å².